The smallest absolute Gasteiger partial charge is 0.286 e. The zero-order chi connectivity index (χ0) is 21.1. The van der Waals surface area contributed by atoms with Gasteiger partial charge in [-0.3, -0.25) is 14.9 Å². The van der Waals surface area contributed by atoms with Gasteiger partial charge in [-0.2, -0.15) is 0 Å². The normalized spacial score (nSPS) is 10.9. The molecule has 2 aromatic carbocycles. The zero-order valence-electron chi connectivity index (χ0n) is 16.1. The molecule has 2 aromatic heterocycles. The highest BCUT2D eigenvalue weighted by atomic mass is 32.2. The molecule has 0 bridgehead atoms. The van der Waals surface area contributed by atoms with E-state index in [0.29, 0.717) is 14.5 Å². The molecule has 0 unspecified atom stereocenters. The highest BCUT2D eigenvalue weighted by Gasteiger charge is 2.15. The summed E-state index contributed by atoms with van der Waals surface area (Å²) in [6.07, 6.45) is 0. The van der Waals surface area contributed by atoms with Gasteiger partial charge in [-0.05, 0) is 49.2 Å². The number of anilines is 2. The second-order valence-electron chi connectivity index (χ2n) is 6.53. The van der Waals surface area contributed by atoms with Crippen molar-refractivity contribution in [3.63, 3.8) is 0 Å². The Hall–Kier alpha value is -2.82. The van der Waals surface area contributed by atoms with Crippen LogP contribution >= 0.6 is 34.4 Å². The number of amides is 2. The summed E-state index contributed by atoms with van der Waals surface area (Å²) >= 11 is 3.82. The molecule has 2 heterocycles. The molecule has 4 aromatic rings. The summed E-state index contributed by atoms with van der Waals surface area (Å²) in [7, 11) is 0. The van der Waals surface area contributed by atoms with Gasteiger partial charge in [0, 0.05) is 5.69 Å². The van der Waals surface area contributed by atoms with Gasteiger partial charge in [0.2, 0.25) is 11.0 Å². The minimum atomic E-state index is -0.323. The van der Waals surface area contributed by atoms with Gasteiger partial charge in [0.1, 0.15) is 0 Å². The van der Waals surface area contributed by atoms with Crippen LogP contribution in [0, 0.1) is 13.8 Å². The Bertz CT molecular complexity index is 1180. The van der Waals surface area contributed by atoms with Crippen molar-refractivity contribution in [2.45, 2.75) is 18.2 Å². The standard InChI is InChI=1S/C20H17N5O2S3/c1-11-7-12(2)9-13(8-11)21-16(26)10-28-20-25-24-19(30-20)23-17(27)18-22-14-5-3-4-6-15(14)29-18/h3-9H,10H2,1-2H3,(H,21,26)(H,23,24,27). The number of fused-ring (bicyclic) bond motifs is 1. The van der Waals surface area contributed by atoms with E-state index in [2.05, 4.69) is 31.9 Å². The minimum Gasteiger partial charge on any atom is -0.325 e. The van der Waals surface area contributed by atoms with Gasteiger partial charge in [-0.15, -0.1) is 21.5 Å². The Morgan fingerprint density at radius 1 is 1.00 bits per heavy atom. The van der Waals surface area contributed by atoms with Crippen LogP contribution in [-0.2, 0) is 4.79 Å². The Labute approximate surface area is 185 Å². The molecule has 0 radical (unpaired) electrons. The van der Waals surface area contributed by atoms with Crippen LogP contribution in [0.25, 0.3) is 10.2 Å². The monoisotopic (exact) mass is 455 g/mol. The van der Waals surface area contributed by atoms with Crippen LogP contribution in [0.5, 0.6) is 0 Å². The summed E-state index contributed by atoms with van der Waals surface area (Å²) in [4.78, 5) is 29.0. The molecule has 0 atom stereocenters. The molecule has 0 fully saturated rings. The summed E-state index contributed by atoms with van der Waals surface area (Å²) in [5.41, 5.74) is 3.75. The van der Waals surface area contributed by atoms with Crippen molar-refractivity contribution >= 4 is 67.3 Å². The van der Waals surface area contributed by atoms with Crippen LogP contribution in [0.15, 0.2) is 46.8 Å². The van der Waals surface area contributed by atoms with E-state index < -0.39 is 0 Å². The third-order valence-corrected chi connectivity index (χ3v) is 6.95. The fraction of sp³-hybridized carbons (Fsp3) is 0.150. The van der Waals surface area contributed by atoms with Gasteiger partial charge < -0.3 is 5.32 Å². The van der Waals surface area contributed by atoms with Crippen molar-refractivity contribution < 1.29 is 9.59 Å². The molecule has 0 saturated heterocycles. The van der Waals surface area contributed by atoms with Crippen molar-refractivity contribution in [2.24, 2.45) is 0 Å². The Kier molecular flexibility index (Phi) is 6.07. The second-order valence-corrected chi connectivity index (χ2v) is 9.76. The van der Waals surface area contributed by atoms with Gasteiger partial charge in [-0.25, -0.2) is 4.98 Å². The average Bonchev–Trinajstić information content (AvgIpc) is 3.32. The van der Waals surface area contributed by atoms with Crippen LogP contribution in [0.4, 0.5) is 10.8 Å². The maximum Gasteiger partial charge on any atom is 0.286 e. The first-order chi connectivity index (χ1) is 14.5. The molecule has 4 rings (SSSR count). The molecule has 0 aliphatic heterocycles. The van der Waals surface area contributed by atoms with Crippen LogP contribution in [0.1, 0.15) is 20.9 Å². The Morgan fingerprint density at radius 3 is 2.53 bits per heavy atom. The highest BCUT2D eigenvalue weighted by molar-refractivity contribution is 8.01. The zero-order valence-corrected chi connectivity index (χ0v) is 18.6. The van der Waals surface area contributed by atoms with E-state index in [1.165, 1.54) is 34.4 Å². The molecular weight excluding hydrogens is 438 g/mol. The molecule has 152 valence electrons. The molecule has 7 nitrogen and oxygen atoms in total. The van der Waals surface area contributed by atoms with E-state index in [4.69, 9.17) is 0 Å². The number of benzene rings is 2. The van der Waals surface area contributed by atoms with Gasteiger partial charge >= 0.3 is 0 Å². The van der Waals surface area contributed by atoms with Crippen LogP contribution in [-0.4, -0.2) is 32.7 Å². The summed E-state index contributed by atoms with van der Waals surface area (Å²) in [5.74, 6) is -0.246. The van der Waals surface area contributed by atoms with E-state index in [1.54, 1.807) is 0 Å². The summed E-state index contributed by atoms with van der Waals surface area (Å²) < 4.78 is 1.55. The number of para-hydroxylation sites is 1. The number of nitrogens with zero attached hydrogens (tertiary/aromatic N) is 3. The van der Waals surface area contributed by atoms with Crippen molar-refractivity contribution in [1.82, 2.24) is 15.2 Å². The fourth-order valence-corrected chi connectivity index (χ4v) is 5.22. The molecule has 0 spiro atoms. The molecule has 0 aliphatic rings. The SMILES string of the molecule is Cc1cc(C)cc(NC(=O)CSc2nnc(NC(=O)c3nc4ccccc4s3)s2)c1. The van der Waals surface area contributed by atoms with E-state index >= 15 is 0 Å². The quantitative estimate of drug-likeness (QED) is 0.322. The summed E-state index contributed by atoms with van der Waals surface area (Å²) in [6.45, 7) is 3.98. The summed E-state index contributed by atoms with van der Waals surface area (Å²) in [6, 6.07) is 13.5. The average molecular weight is 456 g/mol. The Balaban J connectivity index is 1.32. The van der Waals surface area contributed by atoms with Crippen LogP contribution in [0.3, 0.4) is 0 Å². The first-order valence-electron chi connectivity index (χ1n) is 8.97. The molecule has 30 heavy (non-hydrogen) atoms. The molecule has 0 saturated carbocycles. The van der Waals surface area contributed by atoms with Crippen molar-refractivity contribution in [1.29, 1.82) is 0 Å². The lowest BCUT2D eigenvalue weighted by Gasteiger charge is -2.06. The van der Waals surface area contributed by atoms with Crippen molar-refractivity contribution in [2.75, 3.05) is 16.4 Å². The Morgan fingerprint density at radius 2 is 1.77 bits per heavy atom. The van der Waals surface area contributed by atoms with E-state index in [9.17, 15) is 9.59 Å². The van der Waals surface area contributed by atoms with Gasteiger partial charge in [0.05, 0.1) is 16.0 Å². The molecule has 2 amide bonds. The maximum atomic E-state index is 12.4. The minimum absolute atomic E-state index is 0.125. The molecule has 10 heteroatoms. The predicted molar refractivity (Wildman–Crippen MR) is 123 cm³/mol. The lowest BCUT2D eigenvalue weighted by atomic mass is 10.1. The lowest BCUT2D eigenvalue weighted by Crippen LogP contribution is -2.14. The molecular formula is C20H17N5O2S3. The van der Waals surface area contributed by atoms with E-state index in [0.717, 1.165) is 27.0 Å². The molecule has 2 N–H and O–H groups in total. The number of carbonyl (C=O) groups is 2. The number of aromatic nitrogens is 3. The second kappa shape index (κ2) is 8.90. The first-order valence-corrected chi connectivity index (χ1v) is 11.6. The third-order valence-electron chi connectivity index (χ3n) is 3.95. The van der Waals surface area contributed by atoms with Gasteiger partial charge in [0.15, 0.2) is 9.35 Å². The number of carbonyl (C=O) groups excluding carboxylic acids is 2. The van der Waals surface area contributed by atoms with Crippen LogP contribution in [0.2, 0.25) is 0 Å². The van der Waals surface area contributed by atoms with Crippen molar-refractivity contribution in [3.8, 4) is 0 Å². The largest absolute Gasteiger partial charge is 0.325 e. The van der Waals surface area contributed by atoms with E-state index in [1.807, 2.05) is 50.2 Å². The predicted octanol–water partition coefficient (Wildman–Crippen LogP) is 4.75. The number of thioether (sulfide) groups is 1. The first kappa shape index (κ1) is 20.5. The number of thiazole rings is 1. The topological polar surface area (TPSA) is 96.9 Å². The fourth-order valence-electron chi connectivity index (χ4n) is 2.81. The lowest BCUT2D eigenvalue weighted by molar-refractivity contribution is -0.113. The van der Waals surface area contributed by atoms with Gasteiger partial charge in [0.25, 0.3) is 5.91 Å². The number of rotatable bonds is 6. The number of aryl methyl sites for hydroxylation is 2. The van der Waals surface area contributed by atoms with Crippen molar-refractivity contribution in [3.05, 3.63) is 58.6 Å². The number of nitrogens with one attached hydrogen (secondary N) is 2. The van der Waals surface area contributed by atoms with E-state index in [-0.39, 0.29) is 17.6 Å². The maximum absolute atomic E-state index is 12.4. The number of hydrogen-bond acceptors (Lipinski definition) is 8. The third kappa shape index (κ3) is 5.02. The highest BCUT2D eigenvalue weighted by Crippen LogP contribution is 2.27. The van der Waals surface area contributed by atoms with Gasteiger partial charge in [-0.1, -0.05) is 41.3 Å². The molecule has 0 aliphatic carbocycles. The number of hydrogen-bond donors (Lipinski definition) is 2. The summed E-state index contributed by atoms with van der Waals surface area (Å²) in [5, 5.41) is 14.4. The van der Waals surface area contributed by atoms with Crippen LogP contribution < -0.4 is 10.6 Å².